The number of sulfonamides is 1. The highest BCUT2D eigenvalue weighted by molar-refractivity contribution is 7.89. The molecule has 174 valence electrons. The molecule has 0 aliphatic carbocycles. The molecule has 1 aromatic carbocycles. The molecule has 0 spiro atoms. The molecule has 2 amide bonds. The summed E-state index contributed by atoms with van der Waals surface area (Å²) in [6.07, 6.45) is 1.36. The Balaban J connectivity index is 2.14. The average Bonchev–Trinajstić information content (AvgIpc) is 2.76. The van der Waals surface area contributed by atoms with Gasteiger partial charge in [0, 0.05) is 30.8 Å². The number of carbonyl (C=O) groups is 2. The second-order valence-electron chi connectivity index (χ2n) is 7.94. The van der Waals surface area contributed by atoms with Crippen LogP contribution < -0.4 is 19.5 Å². The average molecular weight is 456 g/mol. The maximum Gasteiger partial charge on any atom is 0.252 e. The molecule has 0 aromatic heterocycles. The van der Waals surface area contributed by atoms with Gasteiger partial charge in [0.1, 0.15) is 17.5 Å². The third-order valence-corrected chi connectivity index (χ3v) is 6.74. The van der Waals surface area contributed by atoms with Crippen LogP contribution in [0.3, 0.4) is 0 Å². The molecule has 0 radical (unpaired) electrons. The predicted octanol–water partition coefficient (Wildman–Crippen LogP) is 1.39. The number of amides is 2. The summed E-state index contributed by atoms with van der Waals surface area (Å²) >= 11 is 0. The summed E-state index contributed by atoms with van der Waals surface area (Å²) in [6, 6.07) is 3.75. The number of likely N-dealkylation sites (tertiary alicyclic amines) is 1. The molecular formula is C21H33N3O6S. The van der Waals surface area contributed by atoms with Crippen LogP contribution in [-0.4, -0.2) is 70.3 Å². The van der Waals surface area contributed by atoms with Crippen molar-refractivity contribution in [3.05, 3.63) is 23.8 Å². The minimum absolute atomic E-state index is 0.00781. The van der Waals surface area contributed by atoms with Gasteiger partial charge in [-0.3, -0.25) is 9.59 Å². The highest BCUT2D eigenvalue weighted by atomic mass is 32.2. The zero-order valence-electron chi connectivity index (χ0n) is 18.8. The van der Waals surface area contributed by atoms with Gasteiger partial charge in [0.05, 0.1) is 20.0 Å². The lowest BCUT2D eigenvalue weighted by atomic mass is 9.99. The molecular weight excluding hydrogens is 422 g/mol. The molecule has 1 heterocycles. The van der Waals surface area contributed by atoms with Gasteiger partial charge in [-0.1, -0.05) is 13.8 Å². The smallest absolute Gasteiger partial charge is 0.252 e. The van der Waals surface area contributed by atoms with Crippen molar-refractivity contribution in [3.8, 4) is 11.5 Å². The van der Waals surface area contributed by atoms with E-state index in [0.29, 0.717) is 36.4 Å². The normalized spacial score (nSPS) is 17.9. The lowest BCUT2D eigenvalue weighted by Crippen LogP contribution is -2.56. The second kappa shape index (κ2) is 10.8. The first kappa shape index (κ1) is 24.9. The number of benzene rings is 1. The van der Waals surface area contributed by atoms with Gasteiger partial charge < -0.3 is 19.7 Å². The number of nitrogens with zero attached hydrogens (tertiary/aromatic N) is 1. The fourth-order valence-electron chi connectivity index (χ4n) is 3.48. The van der Waals surface area contributed by atoms with Gasteiger partial charge in [0.25, 0.3) is 5.91 Å². The number of ether oxygens (including phenoxy) is 2. The predicted molar refractivity (Wildman–Crippen MR) is 118 cm³/mol. The Labute approximate surface area is 184 Å². The molecule has 2 unspecified atom stereocenters. The Bertz CT molecular complexity index is 865. The Kier molecular flexibility index (Phi) is 8.69. The molecule has 1 aromatic rings. The van der Waals surface area contributed by atoms with E-state index < -0.39 is 22.0 Å². The van der Waals surface area contributed by atoms with Gasteiger partial charge >= 0.3 is 0 Å². The third kappa shape index (κ3) is 6.83. The molecule has 1 saturated heterocycles. The van der Waals surface area contributed by atoms with Gasteiger partial charge in [0.15, 0.2) is 0 Å². The van der Waals surface area contributed by atoms with Crippen LogP contribution in [0, 0.1) is 5.92 Å². The lowest BCUT2D eigenvalue weighted by molar-refractivity contribution is -0.135. The van der Waals surface area contributed by atoms with Crippen molar-refractivity contribution in [1.82, 2.24) is 14.9 Å². The van der Waals surface area contributed by atoms with Gasteiger partial charge in [-0.2, -0.15) is 0 Å². The number of hydrogen-bond acceptors (Lipinski definition) is 6. The van der Waals surface area contributed by atoms with Crippen molar-refractivity contribution in [2.75, 3.05) is 33.1 Å². The zero-order chi connectivity index (χ0) is 23.2. The molecule has 2 rings (SSSR count). The minimum Gasteiger partial charge on any atom is -0.497 e. The molecule has 1 aliphatic heterocycles. The summed E-state index contributed by atoms with van der Waals surface area (Å²) in [6.45, 7) is 6.10. The fourth-order valence-corrected chi connectivity index (χ4v) is 4.35. The number of methoxy groups -OCH3 is 2. The van der Waals surface area contributed by atoms with Crippen LogP contribution >= 0.6 is 0 Å². The summed E-state index contributed by atoms with van der Waals surface area (Å²) in [4.78, 5) is 27.7. The summed E-state index contributed by atoms with van der Waals surface area (Å²) in [5.74, 6) is 0.143. The number of rotatable bonds is 9. The Morgan fingerprint density at radius 1 is 1.16 bits per heavy atom. The maximum absolute atomic E-state index is 13.2. The van der Waals surface area contributed by atoms with E-state index >= 15 is 0 Å². The zero-order valence-corrected chi connectivity index (χ0v) is 19.6. The molecule has 1 aliphatic rings. The van der Waals surface area contributed by atoms with Crippen molar-refractivity contribution in [2.45, 2.75) is 45.7 Å². The fraction of sp³-hybridized carbons (Fsp3) is 0.619. The second-order valence-corrected chi connectivity index (χ2v) is 9.98. The standard InChI is InChI=1S/C21H33N3O6S/c1-6-31(27,28)23-16-8-7-9-24(13-16)21(26)19(14(2)3)22-20(25)15-10-17(29-4)12-18(11-15)30-5/h10-12,14,16,19,23H,6-9,13H2,1-5H3,(H,22,25). The molecule has 2 atom stereocenters. The summed E-state index contributed by atoms with van der Waals surface area (Å²) in [7, 11) is -0.362. The summed E-state index contributed by atoms with van der Waals surface area (Å²) in [5.41, 5.74) is 0.321. The highest BCUT2D eigenvalue weighted by Gasteiger charge is 2.33. The van der Waals surface area contributed by atoms with Crippen molar-refractivity contribution >= 4 is 21.8 Å². The van der Waals surface area contributed by atoms with E-state index in [-0.39, 0.29) is 30.2 Å². The molecule has 1 fully saturated rings. The molecule has 0 saturated carbocycles. The summed E-state index contributed by atoms with van der Waals surface area (Å²) < 4.78 is 36.9. The first-order valence-electron chi connectivity index (χ1n) is 10.4. The van der Waals surface area contributed by atoms with E-state index in [0.717, 1.165) is 0 Å². The number of nitrogens with one attached hydrogen (secondary N) is 2. The van der Waals surface area contributed by atoms with E-state index in [1.165, 1.54) is 14.2 Å². The van der Waals surface area contributed by atoms with Crippen molar-refractivity contribution in [3.63, 3.8) is 0 Å². The monoisotopic (exact) mass is 455 g/mol. The van der Waals surface area contributed by atoms with Crippen molar-refractivity contribution in [1.29, 1.82) is 0 Å². The van der Waals surface area contributed by atoms with Crippen molar-refractivity contribution < 1.29 is 27.5 Å². The van der Waals surface area contributed by atoms with E-state index in [4.69, 9.17) is 9.47 Å². The van der Waals surface area contributed by atoms with Crippen LogP contribution in [0.4, 0.5) is 0 Å². The first-order chi connectivity index (χ1) is 14.6. The van der Waals surface area contributed by atoms with Crippen molar-refractivity contribution in [2.24, 2.45) is 5.92 Å². The van der Waals surface area contributed by atoms with E-state index in [9.17, 15) is 18.0 Å². The van der Waals surface area contributed by atoms with Crippen LogP contribution in [0.5, 0.6) is 11.5 Å². The maximum atomic E-state index is 13.2. The molecule has 9 nitrogen and oxygen atoms in total. The summed E-state index contributed by atoms with van der Waals surface area (Å²) in [5, 5.41) is 2.83. The van der Waals surface area contributed by atoms with Crippen LogP contribution in [0.1, 0.15) is 44.0 Å². The SMILES string of the molecule is CCS(=O)(=O)NC1CCCN(C(=O)C(NC(=O)c2cc(OC)cc(OC)c2)C(C)C)C1. The van der Waals surface area contributed by atoms with E-state index in [1.54, 1.807) is 30.0 Å². The van der Waals surface area contributed by atoms with E-state index in [1.807, 2.05) is 13.8 Å². The van der Waals surface area contributed by atoms with Crippen LogP contribution in [0.2, 0.25) is 0 Å². The number of carbonyl (C=O) groups excluding carboxylic acids is 2. The Morgan fingerprint density at radius 2 is 1.77 bits per heavy atom. The Morgan fingerprint density at radius 3 is 2.29 bits per heavy atom. The third-order valence-electron chi connectivity index (χ3n) is 5.29. The quantitative estimate of drug-likeness (QED) is 0.582. The number of hydrogen-bond donors (Lipinski definition) is 2. The van der Waals surface area contributed by atoms with Gasteiger partial charge in [0.2, 0.25) is 15.9 Å². The van der Waals surface area contributed by atoms with Crippen LogP contribution in [-0.2, 0) is 14.8 Å². The number of piperidine rings is 1. The molecule has 31 heavy (non-hydrogen) atoms. The van der Waals surface area contributed by atoms with E-state index in [2.05, 4.69) is 10.0 Å². The van der Waals surface area contributed by atoms with Gasteiger partial charge in [-0.05, 0) is 37.8 Å². The molecule has 2 N–H and O–H groups in total. The first-order valence-corrected chi connectivity index (χ1v) is 12.1. The molecule has 10 heteroatoms. The van der Waals surface area contributed by atoms with Crippen LogP contribution in [0.25, 0.3) is 0 Å². The van der Waals surface area contributed by atoms with Crippen LogP contribution in [0.15, 0.2) is 18.2 Å². The topological polar surface area (TPSA) is 114 Å². The van der Waals surface area contributed by atoms with Gasteiger partial charge in [-0.15, -0.1) is 0 Å². The largest absolute Gasteiger partial charge is 0.497 e. The minimum atomic E-state index is -3.35. The highest BCUT2D eigenvalue weighted by Crippen LogP contribution is 2.23. The van der Waals surface area contributed by atoms with Gasteiger partial charge in [-0.25, -0.2) is 13.1 Å². The molecule has 0 bridgehead atoms. The Hall–Kier alpha value is -2.33. The lowest BCUT2D eigenvalue weighted by Gasteiger charge is -2.36.